The molecule has 0 amide bonds. The van der Waals surface area contributed by atoms with Crippen molar-refractivity contribution in [1.29, 1.82) is 0 Å². The van der Waals surface area contributed by atoms with E-state index in [1.807, 2.05) is 19.9 Å². The van der Waals surface area contributed by atoms with Gasteiger partial charge in [0.05, 0.1) is 6.61 Å². The molecule has 2 nitrogen and oxygen atoms in total. The number of aryl methyl sites for hydroxylation is 1. The molecule has 1 aromatic carbocycles. The summed E-state index contributed by atoms with van der Waals surface area (Å²) in [6.45, 7) is 6.95. The summed E-state index contributed by atoms with van der Waals surface area (Å²) in [6.07, 6.45) is 0. The molecule has 1 N–H and O–H groups in total. The standard InChI is InChI=1S/C12H18FNO/c1-3-15-7-6-14-9-11-4-5-12(13)8-10(11)2/h4-5,8,14H,3,6-7,9H2,1-2H3. The quantitative estimate of drug-likeness (QED) is 0.729. The first-order valence-electron chi connectivity index (χ1n) is 5.27. The van der Waals surface area contributed by atoms with E-state index in [4.69, 9.17) is 4.74 Å². The second kappa shape index (κ2) is 6.53. The van der Waals surface area contributed by atoms with E-state index >= 15 is 0 Å². The van der Waals surface area contributed by atoms with E-state index in [0.717, 1.165) is 37.4 Å². The van der Waals surface area contributed by atoms with Crippen LogP contribution in [0.5, 0.6) is 0 Å². The molecule has 15 heavy (non-hydrogen) atoms. The summed E-state index contributed by atoms with van der Waals surface area (Å²) in [6, 6.07) is 4.87. The molecule has 0 heterocycles. The Labute approximate surface area is 90.4 Å². The van der Waals surface area contributed by atoms with Crippen LogP contribution in [0, 0.1) is 12.7 Å². The molecule has 0 fully saturated rings. The second-order valence-electron chi connectivity index (χ2n) is 3.44. The molecule has 3 heteroatoms. The van der Waals surface area contributed by atoms with Crippen LogP contribution in [0.25, 0.3) is 0 Å². The number of halogens is 1. The highest BCUT2D eigenvalue weighted by atomic mass is 19.1. The Morgan fingerprint density at radius 1 is 1.40 bits per heavy atom. The van der Waals surface area contributed by atoms with E-state index in [-0.39, 0.29) is 5.82 Å². The Morgan fingerprint density at radius 2 is 2.20 bits per heavy atom. The summed E-state index contributed by atoms with van der Waals surface area (Å²) in [5, 5.41) is 3.25. The maximum absolute atomic E-state index is 12.8. The van der Waals surface area contributed by atoms with Crippen molar-refractivity contribution in [3.8, 4) is 0 Å². The average Bonchev–Trinajstić information content (AvgIpc) is 2.20. The van der Waals surface area contributed by atoms with Crippen molar-refractivity contribution in [3.63, 3.8) is 0 Å². The highest BCUT2D eigenvalue weighted by Crippen LogP contribution is 2.09. The lowest BCUT2D eigenvalue weighted by molar-refractivity contribution is 0.149. The van der Waals surface area contributed by atoms with Gasteiger partial charge in [0, 0.05) is 19.7 Å². The highest BCUT2D eigenvalue weighted by molar-refractivity contribution is 5.26. The largest absolute Gasteiger partial charge is 0.380 e. The zero-order valence-electron chi connectivity index (χ0n) is 9.35. The van der Waals surface area contributed by atoms with E-state index in [1.54, 1.807) is 6.07 Å². The maximum Gasteiger partial charge on any atom is 0.123 e. The zero-order chi connectivity index (χ0) is 11.1. The predicted molar refractivity (Wildman–Crippen MR) is 59.3 cm³/mol. The van der Waals surface area contributed by atoms with Gasteiger partial charge in [0.25, 0.3) is 0 Å². The molecule has 0 bridgehead atoms. The topological polar surface area (TPSA) is 21.3 Å². The molecule has 0 atom stereocenters. The van der Waals surface area contributed by atoms with Crippen molar-refractivity contribution in [2.75, 3.05) is 19.8 Å². The normalized spacial score (nSPS) is 10.6. The summed E-state index contributed by atoms with van der Waals surface area (Å²) >= 11 is 0. The Kier molecular flexibility index (Phi) is 5.29. The van der Waals surface area contributed by atoms with Crippen LogP contribution in [-0.4, -0.2) is 19.8 Å². The van der Waals surface area contributed by atoms with Crippen LogP contribution in [0.2, 0.25) is 0 Å². The second-order valence-corrected chi connectivity index (χ2v) is 3.44. The number of ether oxygens (including phenoxy) is 1. The Morgan fingerprint density at radius 3 is 2.87 bits per heavy atom. The third kappa shape index (κ3) is 4.40. The van der Waals surface area contributed by atoms with Gasteiger partial charge in [0.1, 0.15) is 5.82 Å². The third-order valence-electron chi connectivity index (χ3n) is 2.25. The fraction of sp³-hybridized carbons (Fsp3) is 0.500. The van der Waals surface area contributed by atoms with Crippen molar-refractivity contribution in [2.24, 2.45) is 0 Å². The summed E-state index contributed by atoms with van der Waals surface area (Å²) in [5.41, 5.74) is 2.12. The van der Waals surface area contributed by atoms with Gasteiger partial charge >= 0.3 is 0 Å². The molecule has 0 spiro atoms. The van der Waals surface area contributed by atoms with Crippen molar-refractivity contribution in [2.45, 2.75) is 20.4 Å². The first-order valence-corrected chi connectivity index (χ1v) is 5.27. The SMILES string of the molecule is CCOCCNCc1ccc(F)cc1C. The van der Waals surface area contributed by atoms with E-state index < -0.39 is 0 Å². The van der Waals surface area contributed by atoms with Crippen LogP contribution in [0.4, 0.5) is 4.39 Å². The summed E-state index contributed by atoms with van der Waals surface area (Å²) in [5.74, 6) is -0.175. The van der Waals surface area contributed by atoms with E-state index in [9.17, 15) is 4.39 Å². The summed E-state index contributed by atoms with van der Waals surface area (Å²) in [7, 11) is 0. The fourth-order valence-corrected chi connectivity index (χ4v) is 1.37. The molecule has 0 saturated heterocycles. The van der Waals surface area contributed by atoms with Gasteiger partial charge in [-0.25, -0.2) is 4.39 Å². The highest BCUT2D eigenvalue weighted by Gasteiger charge is 1.99. The molecule has 0 saturated carbocycles. The number of rotatable bonds is 6. The molecular weight excluding hydrogens is 193 g/mol. The molecule has 0 unspecified atom stereocenters. The minimum Gasteiger partial charge on any atom is -0.380 e. The molecule has 0 aliphatic carbocycles. The van der Waals surface area contributed by atoms with Gasteiger partial charge in [0.2, 0.25) is 0 Å². The predicted octanol–water partition coefficient (Wildman–Crippen LogP) is 2.26. The molecule has 0 aliphatic heterocycles. The van der Waals surface area contributed by atoms with Gasteiger partial charge in [-0.15, -0.1) is 0 Å². The smallest absolute Gasteiger partial charge is 0.123 e. The number of benzene rings is 1. The van der Waals surface area contributed by atoms with Gasteiger partial charge in [-0.3, -0.25) is 0 Å². The minimum atomic E-state index is -0.175. The molecule has 0 aliphatic rings. The number of hydrogen-bond donors (Lipinski definition) is 1. The maximum atomic E-state index is 12.8. The lowest BCUT2D eigenvalue weighted by atomic mass is 10.1. The Bertz CT molecular complexity index is 302. The van der Waals surface area contributed by atoms with Crippen molar-refractivity contribution in [3.05, 3.63) is 35.1 Å². The van der Waals surface area contributed by atoms with Crippen LogP contribution >= 0.6 is 0 Å². The Hall–Kier alpha value is -0.930. The van der Waals surface area contributed by atoms with Gasteiger partial charge in [-0.2, -0.15) is 0 Å². The first kappa shape index (κ1) is 12.1. The molecule has 1 rings (SSSR count). The van der Waals surface area contributed by atoms with Crippen molar-refractivity contribution < 1.29 is 9.13 Å². The van der Waals surface area contributed by atoms with Crippen LogP contribution in [0.15, 0.2) is 18.2 Å². The van der Waals surface area contributed by atoms with Gasteiger partial charge < -0.3 is 10.1 Å². The third-order valence-corrected chi connectivity index (χ3v) is 2.25. The van der Waals surface area contributed by atoms with Crippen molar-refractivity contribution in [1.82, 2.24) is 5.32 Å². The van der Waals surface area contributed by atoms with Crippen LogP contribution < -0.4 is 5.32 Å². The number of hydrogen-bond acceptors (Lipinski definition) is 2. The number of nitrogens with one attached hydrogen (secondary N) is 1. The molecule has 84 valence electrons. The van der Waals surface area contributed by atoms with E-state index in [1.165, 1.54) is 6.07 Å². The van der Waals surface area contributed by atoms with Crippen LogP contribution in [0.3, 0.4) is 0 Å². The fourth-order valence-electron chi connectivity index (χ4n) is 1.37. The first-order chi connectivity index (χ1) is 7.24. The monoisotopic (exact) mass is 211 g/mol. The van der Waals surface area contributed by atoms with Crippen molar-refractivity contribution >= 4 is 0 Å². The van der Waals surface area contributed by atoms with Crippen LogP contribution in [-0.2, 0) is 11.3 Å². The summed E-state index contributed by atoms with van der Waals surface area (Å²) < 4.78 is 18.0. The summed E-state index contributed by atoms with van der Waals surface area (Å²) in [4.78, 5) is 0. The Balaban J connectivity index is 2.31. The minimum absolute atomic E-state index is 0.175. The van der Waals surface area contributed by atoms with Gasteiger partial charge in [0.15, 0.2) is 0 Å². The zero-order valence-corrected chi connectivity index (χ0v) is 9.35. The van der Waals surface area contributed by atoms with Gasteiger partial charge in [-0.05, 0) is 37.1 Å². The van der Waals surface area contributed by atoms with E-state index in [0.29, 0.717) is 0 Å². The molecular formula is C12H18FNO. The van der Waals surface area contributed by atoms with Crippen LogP contribution in [0.1, 0.15) is 18.1 Å². The van der Waals surface area contributed by atoms with Gasteiger partial charge in [-0.1, -0.05) is 6.07 Å². The van der Waals surface area contributed by atoms with E-state index in [2.05, 4.69) is 5.32 Å². The molecule has 1 aromatic rings. The average molecular weight is 211 g/mol. The molecule has 0 aromatic heterocycles. The lowest BCUT2D eigenvalue weighted by Crippen LogP contribution is -2.19. The molecule has 0 radical (unpaired) electrons. The lowest BCUT2D eigenvalue weighted by Gasteiger charge is -2.07.